The van der Waals surface area contributed by atoms with Gasteiger partial charge in [0.2, 0.25) is 10.0 Å². The summed E-state index contributed by atoms with van der Waals surface area (Å²) in [6, 6.07) is 1.71. The highest BCUT2D eigenvalue weighted by Gasteiger charge is 2.26. The van der Waals surface area contributed by atoms with E-state index in [0.717, 1.165) is 19.4 Å². The van der Waals surface area contributed by atoms with Crippen molar-refractivity contribution < 1.29 is 12.8 Å². The van der Waals surface area contributed by atoms with Crippen LogP contribution in [0.1, 0.15) is 18.6 Å². The highest BCUT2D eigenvalue weighted by Crippen LogP contribution is 2.26. The molecule has 0 amide bonds. The van der Waals surface area contributed by atoms with Crippen molar-refractivity contribution in [2.45, 2.75) is 30.3 Å². The number of halogens is 1. The Morgan fingerprint density at radius 1 is 1.63 bits per heavy atom. The van der Waals surface area contributed by atoms with Gasteiger partial charge in [0.25, 0.3) is 0 Å². The molecule has 0 aliphatic carbocycles. The lowest BCUT2D eigenvalue weighted by molar-refractivity contribution is 0.310. The van der Waals surface area contributed by atoms with Gasteiger partial charge in [0.15, 0.2) is 4.67 Å². The van der Waals surface area contributed by atoms with E-state index in [0.29, 0.717) is 12.3 Å². The minimum absolute atomic E-state index is 0.105. The van der Waals surface area contributed by atoms with Gasteiger partial charge in [0.05, 0.1) is 6.54 Å². The lowest BCUT2D eigenvalue weighted by atomic mass is 10.2. The Labute approximate surface area is 121 Å². The number of hydrogen-bond donors (Lipinski definition) is 2. The molecule has 1 saturated heterocycles. The first-order valence-corrected chi connectivity index (χ1v) is 8.40. The number of furan rings is 1. The minimum atomic E-state index is -3.56. The van der Waals surface area contributed by atoms with Crippen LogP contribution in [0.15, 0.2) is 20.0 Å². The van der Waals surface area contributed by atoms with Crippen LogP contribution in [-0.2, 0) is 16.6 Å². The Bertz CT molecular complexity index is 543. The first-order valence-electron chi connectivity index (χ1n) is 6.12. The van der Waals surface area contributed by atoms with Crippen molar-refractivity contribution in [3.63, 3.8) is 0 Å². The number of nitrogens with zero attached hydrogens (tertiary/aromatic N) is 1. The molecule has 8 heteroatoms. The quantitative estimate of drug-likeness (QED) is 0.821. The Hall–Kier alpha value is -0.410. The van der Waals surface area contributed by atoms with Gasteiger partial charge in [-0.3, -0.25) is 0 Å². The number of sulfonamides is 1. The normalized spacial score (nSPS) is 21.1. The molecule has 1 unspecified atom stereocenters. The molecule has 1 aliphatic heterocycles. The van der Waals surface area contributed by atoms with Gasteiger partial charge < -0.3 is 15.1 Å². The van der Waals surface area contributed by atoms with E-state index in [2.05, 4.69) is 25.6 Å². The zero-order valence-corrected chi connectivity index (χ0v) is 13.1. The van der Waals surface area contributed by atoms with Crippen LogP contribution in [0.2, 0.25) is 0 Å². The fourth-order valence-electron chi connectivity index (χ4n) is 2.20. The fourth-order valence-corrected chi connectivity index (χ4v) is 4.27. The fraction of sp³-hybridized carbons (Fsp3) is 0.636. The van der Waals surface area contributed by atoms with E-state index in [-0.39, 0.29) is 22.2 Å². The van der Waals surface area contributed by atoms with Crippen LogP contribution in [0.25, 0.3) is 0 Å². The second kappa shape index (κ2) is 5.92. The zero-order chi connectivity index (χ0) is 14.0. The second-order valence-electron chi connectivity index (χ2n) is 4.68. The molecule has 1 aromatic rings. The summed E-state index contributed by atoms with van der Waals surface area (Å²) in [6.07, 6.45) is 2.12. The first kappa shape index (κ1) is 15.0. The second-order valence-corrected chi connectivity index (χ2v) is 7.14. The molecule has 0 saturated carbocycles. The standard InChI is InChI=1S/C11H18BrN3O3S/c1-15-4-2-3-8(15)7-14-19(16,17)10-5-9(6-13)18-11(10)12/h5,8,14H,2-4,6-7,13H2,1H3. The van der Waals surface area contributed by atoms with E-state index in [1.165, 1.54) is 6.07 Å². The topological polar surface area (TPSA) is 88.6 Å². The lowest BCUT2D eigenvalue weighted by Crippen LogP contribution is -2.38. The van der Waals surface area contributed by atoms with Gasteiger partial charge in [-0.25, -0.2) is 13.1 Å². The molecule has 3 N–H and O–H groups in total. The monoisotopic (exact) mass is 351 g/mol. The molecule has 0 radical (unpaired) electrons. The van der Waals surface area contributed by atoms with Crippen molar-refractivity contribution in [1.29, 1.82) is 0 Å². The predicted octanol–water partition coefficient (Wildman–Crippen LogP) is 0.873. The Morgan fingerprint density at radius 2 is 2.37 bits per heavy atom. The molecule has 19 heavy (non-hydrogen) atoms. The smallest absolute Gasteiger partial charge is 0.245 e. The van der Waals surface area contributed by atoms with Crippen molar-refractivity contribution >= 4 is 26.0 Å². The van der Waals surface area contributed by atoms with Crippen molar-refractivity contribution in [2.24, 2.45) is 5.73 Å². The molecule has 0 bridgehead atoms. The van der Waals surface area contributed by atoms with Crippen LogP contribution < -0.4 is 10.5 Å². The lowest BCUT2D eigenvalue weighted by Gasteiger charge is -2.19. The Balaban J connectivity index is 2.07. The van der Waals surface area contributed by atoms with E-state index < -0.39 is 10.0 Å². The number of likely N-dealkylation sites (N-methyl/N-ethyl adjacent to an activating group) is 1. The molecule has 0 spiro atoms. The third-order valence-corrected chi connectivity index (χ3v) is 5.66. The van der Waals surface area contributed by atoms with Gasteiger partial charge in [-0.05, 0) is 42.4 Å². The molecule has 0 aromatic carbocycles. The predicted molar refractivity (Wildman–Crippen MR) is 75.1 cm³/mol. The summed E-state index contributed by atoms with van der Waals surface area (Å²) in [5.41, 5.74) is 5.43. The number of likely N-dealkylation sites (tertiary alicyclic amines) is 1. The maximum atomic E-state index is 12.2. The zero-order valence-electron chi connectivity index (χ0n) is 10.7. The van der Waals surface area contributed by atoms with E-state index in [1.54, 1.807) is 0 Å². The van der Waals surface area contributed by atoms with Gasteiger partial charge in [-0.1, -0.05) is 0 Å². The van der Waals surface area contributed by atoms with Crippen LogP contribution in [0, 0.1) is 0 Å². The minimum Gasteiger partial charge on any atom is -0.452 e. The molecular formula is C11H18BrN3O3S. The molecule has 6 nitrogen and oxygen atoms in total. The highest BCUT2D eigenvalue weighted by molar-refractivity contribution is 9.10. The third kappa shape index (κ3) is 3.38. The average molecular weight is 352 g/mol. The summed E-state index contributed by atoms with van der Waals surface area (Å²) < 4.78 is 32.4. The van der Waals surface area contributed by atoms with Crippen molar-refractivity contribution in [1.82, 2.24) is 9.62 Å². The van der Waals surface area contributed by atoms with Gasteiger partial charge in [0.1, 0.15) is 10.7 Å². The Morgan fingerprint density at radius 3 is 2.89 bits per heavy atom. The highest BCUT2D eigenvalue weighted by atomic mass is 79.9. The SMILES string of the molecule is CN1CCCC1CNS(=O)(=O)c1cc(CN)oc1Br. The maximum Gasteiger partial charge on any atom is 0.245 e. The number of hydrogen-bond acceptors (Lipinski definition) is 5. The maximum absolute atomic E-state index is 12.2. The van der Waals surface area contributed by atoms with E-state index in [1.807, 2.05) is 7.05 Å². The third-order valence-electron chi connectivity index (χ3n) is 3.38. The molecular weight excluding hydrogens is 334 g/mol. The number of rotatable bonds is 5. The van der Waals surface area contributed by atoms with Crippen molar-refractivity contribution in [3.05, 3.63) is 16.5 Å². The first-order chi connectivity index (χ1) is 8.94. The number of nitrogens with two attached hydrogens (primary N) is 1. The van der Waals surface area contributed by atoms with Crippen LogP contribution in [0.3, 0.4) is 0 Å². The van der Waals surface area contributed by atoms with E-state index in [4.69, 9.17) is 10.2 Å². The van der Waals surface area contributed by atoms with Crippen molar-refractivity contribution in [2.75, 3.05) is 20.1 Å². The molecule has 2 rings (SSSR count). The van der Waals surface area contributed by atoms with E-state index in [9.17, 15) is 8.42 Å². The Kier molecular flexibility index (Phi) is 4.67. The van der Waals surface area contributed by atoms with Gasteiger partial charge in [-0.2, -0.15) is 0 Å². The molecule has 2 heterocycles. The van der Waals surface area contributed by atoms with E-state index >= 15 is 0 Å². The summed E-state index contributed by atoms with van der Waals surface area (Å²) >= 11 is 3.11. The number of nitrogens with one attached hydrogen (secondary N) is 1. The van der Waals surface area contributed by atoms with Crippen LogP contribution in [0.5, 0.6) is 0 Å². The molecule has 1 fully saturated rings. The van der Waals surface area contributed by atoms with Gasteiger partial charge in [-0.15, -0.1) is 0 Å². The van der Waals surface area contributed by atoms with Gasteiger partial charge in [0, 0.05) is 18.7 Å². The summed E-state index contributed by atoms with van der Waals surface area (Å²) in [5.74, 6) is 0.435. The molecule has 1 aliphatic rings. The largest absolute Gasteiger partial charge is 0.452 e. The average Bonchev–Trinajstić information content (AvgIpc) is 2.93. The summed E-state index contributed by atoms with van der Waals surface area (Å²) in [4.78, 5) is 2.27. The molecule has 1 aromatic heterocycles. The van der Waals surface area contributed by atoms with Crippen molar-refractivity contribution in [3.8, 4) is 0 Å². The van der Waals surface area contributed by atoms with Gasteiger partial charge >= 0.3 is 0 Å². The molecule has 108 valence electrons. The van der Waals surface area contributed by atoms with Crippen LogP contribution in [-0.4, -0.2) is 39.5 Å². The summed E-state index contributed by atoms with van der Waals surface area (Å²) in [7, 11) is -1.56. The summed E-state index contributed by atoms with van der Waals surface area (Å²) in [5, 5.41) is 0. The van der Waals surface area contributed by atoms with Crippen LogP contribution in [0.4, 0.5) is 0 Å². The van der Waals surface area contributed by atoms with Crippen LogP contribution >= 0.6 is 15.9 Å². The summed E-state index contributed by atoms with van der Waals surface area (Å²) in [6.45, 7) is 1.59. The molecule has 1 atom stereocenters.